The van der Waals surface area contributed by atoms with E-state index in [-0.39, 0.29) is 0 Å². The van der Waals surface area contributed by atoms with Gasteiger partial charge in [-0.05, 0) is 117 Å². The quantitative estimate of drug-likeness (QED) is 0.134. The highest BCUT2D eigenvalue weighted by atomic mass is 14.2. The fourth-order valence-corrected chi connectivity index (χ4v) is 7.99. The lowest BCUT2D eigenvalue weighted by Crippen LogP contribution is -1.91. The Morgan fingerprint density at radius 1 is 0.180 bits per heavy atom. The molecule has 0 bridgehead atoms. The minimum absolute atomic E-state index is 1.23. The lowest BCUT2D eigenvalue weighted by atomic mass is 9.85. The molecule has 0 fully saturated rings. The van der Waals surface area contributed by atoms with Crippen LogP contribution in [-0.4, -0.2) is 0 Å². The van der Waals surface area contributed by atoms with Gasteiger partial charge < -0.3 is 0 Å². The molecular weight excluding hydrogens is 601 g/mol. The highest BCUT2D eigenvalue weighted by molar-refractivity contribution is 6.22. The Morgan fingerprint density at radius 3 is 1.16 bits per heavy atom. The van der Waals surface area contributed by atoms with Crippen molar-refractivity contribution >= 4 is 53.9 Å². The number of hydrogen-bond acceptors (Lipinski definition) is 0. The Bertz CT molecular complexity index is 2840. The van der Waals surface area contributed by atoms with Crippen LogP contribution in [0.15, 0.2) is 194 Å². The van der Waals surface area contributed by atoms with Crippen molar-refractivity contribution in [1.82, 2.24) is 0 Å². The summed E-state index contributed by atoms with van der Waals surface area (Å²) in [6.07, 6.45) is 0. The van der Waals surface area contributed by atoms with E-state index in [0.717, 1.165) is 0 Å². The second kappa shape index (κ2) is 11.6. The summed E-state index contributed by atoms with van der Waals surface area (Å²) in [5.74, 6) is 0. The van der Waals surface area contributed by atoms with E-state index in [9.17, 15) is 0 Å². The Balaban J connectivity index is 1.10. The molecule has 50 heavy (non-hydrogen) atoms. The molecule has 232 valence electrons. The van der Waals surface area contributed by atoms with Crippen molar-refractivity contribution in [2.75, 3.05) is 0 Å². The number of rotatable bonds is 4. The zero-order valence-corrected chi connectivity index (χ0v) is 27.5. The maximum absolute atomic E-state index is 2.37. The van der Waals surface area contributed by atoms with E-state index >= 15 is 0 Å². The number of benzene rings is 10. The van der Waals surface area contributed by atoms with Crippen molar-refractivity contribution in [3.63, 3.8) is 0 Å². The third-order valence-electron chi connectivity index (χ3n) is 10.4. The Morgan fingerprint density at radius 2 is 0.540 bits per heavy atom. The minimum atomic E-state index is 1.23. The van der Waals surface area contributed by atoms with Gasteiger partial charge in [0.1, 0.15) is 0 Å². The second-order valence-corrected chi connectivity index (χ2v) is 13.3. The van der Waals surface area contributed by atoms with E-state index in [1.54, 1.807) is 0 Å². The van der Waals surface area contributed by atoms with Crippen LogP contribution in [0.2, 0.25) is 0 Å². The van der Waals surface area contributed by atoms with Gasteiger partial charge in [0.25, 0.3) is 0 Å². The van der Waals surface area contributed by atoms with Gasteiger partial charge in [-0.1, -0.05) is 176 Å². The largest absolute Gasteiger partial charge is 0.0622 e. The summed E-state index contributed by atoms with van der Waals surface area (Å²) in [6.45, 7) is 0. The van der Waals surface area contributed by atoms with E-state index in [0.29, 0.717) is 0 Å². The van der Waals surface area contributed by atoms with E-state index in [1.165, 1.54) is 98.4 Å². The zero-order valence-electron chi connectivity index (χ0n) is 27.5. The maximum Gasteiger partial charge on any atom is -0.00262 e. The van der Waals surface area contributed by atoms with Crippen LogP contribution < -0.4 is 0 Å². The fraction of sp³-hybridized carbons (Fsp3) is 0. The van der Waals surface area contributed by atoms with E-state index in [2.05, 4.69) is 194 Å². The molecule has 0 radical (unpaired) electrons. The van der Waals surface area contributed by atoms with Crippen LogP contribution in [0.1, 0.15) is 0 Å². The van der Waals surface area contributed by atoms with Gasteiger partial charge in [-0.2, -0.15) is 0 Å². The SMILES string of the molecule is c1ccc(-c2ccc(-c3ccc4cc(-c5c6ccccc6c(-c6ccc7c(ccc8ccccc87)c6)c6ccccc56)ccc4c3)cc2)cc1. The van der Waals surface area contributed by atoms with Crippen molar-refractivity contribution in [2.45, 2.75) is 0 Å². The number of hydrogen-bond donors (Lipinski definition) is 0. The first kappa shape index (κ1) is 28.5. The van der Waals surface area contributed by atoms with Crippen LogP contribution in [0.25, 0.3) is 98.4 Å². The first-order chi connectivity index (χ1) is 24.8. The van der Waals surface area contributed by atoms with Crippen LogP contribution in [0.5, 0.6) is 0 Å². The first-order valence-corrected chi connectivity index (χ1v) is 17.3. The maximum atomic E-state index is 2.37. The van der Waals surface area contributed by atoms with E-state index in [4.69, 9.17) is 0 Å². The summed E-state index contributed by atoms with van der Waals surface area (Å²) in [7, 11) is 0. The normalized spacial score (nSPS) is 11.6. The molecule has 10 aromatic carbocycles. The molecule has 10 rings (SSSR count). The minimum Gasteiger partial charge on any atom is -0.0622 e. The summed E-state index contributed by atoms with van der Waals surface area (Å²) in [4.78, 5) is 0. The molecule has 0 aliphatic heterocycles. The molecule has 0 aliphatic carbocycles. The van der Waals surface area contributed by atoms with Gasteiger partial charge in [-0.15, -0.1) is 0 Å². The molecule has 0 N–H and O–H groups in total. The van der Waals surface area contributed by atoms with Gasteiger partial charge in [-0.3, -0.25) is 0 Å². The standard InChI is InChI=1S/C50H32/c1-2-10-33(11-3-1)34-18-20-35(21-19-34)37-23-24-39-31-41(27-25-38(39)30-37)49-45-14-6-8-16-47(45)50(48-17-9-7-15-46(48)49)42-28-29-44-40(32-42)26-22-36-12-4-5-13-43(36)44/h1-32H. The van der Waals surface area contributed by atoms with Gasteiger partial charge >= 0.3 is 0 Å². The topological polar surface area (TPSA) is 0 Å². The van der Waals surface area contributed by atoms with Gasteiger partial charge in [0.05, 0.1) is 0 Å². The summed E-state index contributed by atoms with van der Waals surface area (Å²) in [5, 5.41) is 12.7. The summed E-state index contributed by atoms with van der Waals surface area (Å²) in [5.41, 5.74) is 9.99. The van der Waals surface area contributed by atoms with Crippen LogP contribution in [0, 0.1) is 0 Å². The molecule has 0 saturated heterocycles. The smallest absolute Gasteiger partial charge is 0.00262 e. The molecule has 0 spiro atoms. The third kappa shape index (κ3) is 4.69. The number of fused-ring (bicyclic) bond motifs is 6. The predicted octanol–water partition coefficient (Wildman–Crippen LogP) is 14.1. The van der Waals surface area contributed by atoms with Crippen LogP contribution in [0.4, 0.5) is 0 Å². The van der Waals surface area contributed by atoms with Gasteiger partial charge in [0, 0.05) is 0 Å². The molecule has 0 nitrogen and oxygen atoms in total. The van der Waals surface area contributed by atoms with Gasteiger partial charge in [-0.25, -0.2) is 0 Å². The van der Waals surface area contributed by atoms with Crippen molar-refractivity contribution < 1.29 is 0 Å². The Labute approximate surface area is 291 Å². The summed E-state index contributed by atoms with van der Waals surface area (Å²) >= 11 is 0. The molecule has 0 atom stereocenters. The van der Waals surface area contributed by atoms with Crippen molar-refractivity contribution in [1.29, 1.82) is 0 Å². The lowest BCUT2D eigenvalue weighted by Gasteiger charge is -2.18. The molecular formula is C50H32. The van der Waals surface area contributed by atoms with Crippen LogP contribution in [-0.2, 0) is 0 Å². The second-order valence-electron chi connectivity index (χ2n) is 13.3. The molecule has 0 heterocycles. The molecule has 0 saturated carbocycles. The van der Waals surface area contributed by atoms with E-state index in [1.807, 2.05) is 0 Å². The average Bonchev–Trinajstić information content (AvgIpc) is 3.19. The third-order valence-corrected chi connectivity index (χ3v) is 10.4. The Kier molecular flexibility index (Phi) is 6.60. The molecule has 0 heteroatoms. The molecule has 0 amide bonds. The zero-order chi connectivity index (χ0) is 33.0. The highest BCUT2D eigenvalue weighted by Crippen LogP contribution is 2.45. The molecule has 0 aromatic heterocycles. The van der Waals surface area contributed by atoms with Crippen LogP contribution >= 0.6 is 0 Å². The van der Waals surface area contributed by atoms with Crippen molar-refractivity contribution in [2.24, 2.45) is 0 Å². The first-order valence-electron chi connectivity index (χ1n) is 17.3. The van der Waals surface area contributed by atoms with E-state index < -0.39 is 0 Å². The molecule has 0 unspecified atom stereocenters. The molecule has 0 aliphatic rings. The lowest BCUT2D eigenvalue weighted by molar-refractivity contribution is 1.60. The van der Waals surface area contributed by atoms with Crippen molar-refractivity contribution in [3.8, 4) is 44.5 Å². The van der Waals surface area contributed by atoms with Gasteiger partial charge in [0.15, 0.2) is 0 Å². The monoisotopic (exact) mass is 632 g/mol. The van der Waals surface area contributed by atoms with Crippen molar-refractivity contribution in [3.05, 3.63) is 194 Å². The Hall–Kier alpha value is -6.50. The van der Waals surface area contributed by atoms with Crippen LogP contribution in [0.3, 0.4) is 0 Å². The highest BCUT2D eigenvalue weighted by Gasteiger charge is 2.17. The summed E-state index contributed by atoms with van der Waals surface area (Å²) in [6, 6.07) is 71.3. The predicted molar refractivity (Wildman–Crippen MR) is 216 cm³/mol. The fourth-order valence-electron chi connectivity index (χ4n) is 7.99. The summed E-state index contributed by atoms with van der Waals surface area (Å²) < 4.78 is 0. The molecule has 10 aromatic rings. The average molecular weight is 633 g/mol. The van der Waals surface area contributed by atoms with Gasteiger partial charge in [0.2, 0.25) is 0 Å².